The summed E-state index contributed by atoms with van der Waals surface area (Å²) in [4.78, 5) is 0. The number of nitrogens with two attached hydrogens (primary N) is 1. The smallest absolute Gasteiger partial charge is 0.131 e. The third-order valence-corrected chi connectivity index (χ3v) is 3.66. The maximum absolute atomic E-state index is 13.9. The van der Waals surface area contributed by atoms with Crippen LogP contribution in [0, 0.1) is 11.6 Å². The fourth-order valence-electron chi connectivity index (χ4n) is 2.43. The number of hydrogen-bond donors (Lipinski definition) is 1. The topological polar surface area (TPSA) is 35.2 Å². The summed E-state index contributed by atoms with van der Waals surface area (Å²) in [7, 11) is 0. The minimum absolute atomic E-state index is 0.317. The fourth-order valence-corrected chi connectivity index (χ4v) is 2.59. The first-order chi connectivity index (χ1) is 9.54. The SMILES string of the molecule is NC1CC(c2ccc(Cl)cc2F)Oc2cc(F)ccc21. The quantitative estimate of drug-likeness (QED) is 0.858. The highest BCUT2D eigenvalue weighted by Gasteiger charge is 2.29. The van der Waals surface area contributed by atoms with E-state index in [9.17, 15) is 8.78 Å². The molecule has 2 aromatic carbocycles. The summed E-state index contributed by atoms with van der Waals surface area (Å²) >= 11 is 5.73. The molecule has 3 rings (SSSR count). The maximum atomic E-state index is 13.9. The van der Waals surface area contributed by atoms with Gasteiger partial charge in [0.25, 0.3) is 0 Å². The maximum Gasteiger partial charge on any atom is 0.131 e. The van der Waals surface area contributed by atoms with Crippen LogP contribution in [-0.4, -0.2) is 0 Å². The second-order valence-corrected chi connectivity index (χ2v) is 5.23. The Morgan fingerprint density at radius 1 is 1.10 bits per heavy atom. The van der Waals surface area contributed by atoms with Gasteiger partial charge < -0.3 is 10.5 Å². The van der Waals surface area contributed by atoms with Crippen LogP contribution >= 0.6 is 11.6 Å². The molecule has 1 heterocycles. The molecular weight excluding hydrogens is 284 g/mol. The zero-order chi connectivity index (χ0) is 14.3. The molecule has 2 atom stereocenters. The van der Waals surface area contributed by atoms with E-state index in [0.29, 0.717) is 22.8 Å². The van der Waals surface area contributed by atoms with Gasteiger partial charge in [-0.1, -0.05) is 23.7 Å². The molecule has 0 spiro atoms. The van der Waals surface area contributed by atoms with Gasteiger partial charge in [0.05, 0.1) is 0 Å². The Kier molecular flexibility index (Phi) is 3.36. The molecule has 2 unspecified atom stereocenters. The number of ether oxygens (including phenoxy) is 1. The van der Waals surface area contributed by atoms with Crippen molar-refractivity contribution in [2.24, 2.45) is 5.73 Å². The molecule has 0 fully saturated rings. The van der Waals surface area contributed by atoms with Gasteiger partial charge in [0.15, 0.2) is 0 Å². The first-order valence-electron chi connectivity index (χ1n) is 6.21. The van der Waals surface area contributed by atoms with Crippen molar-refractivity contribution < 1.29 is 13.5 Å². The van der Waals surface area contributed by atoms with Gasteiger partial charge in [-0.25, -0.2) is 8.78 Å². The molecule has 0 aliphatic carbocycles. The molecule has 0 aromatic heterocycles. The average molecular weight is 296 g/mol. The molecule has 0 saturated heterocycles. The minimum atomic E-state index is -0.545. The van der Waals surface area contributed by atoms with Gasteiger partial charge in [-0.3, -0.25) is 0 Å². The third-order valence-electron chi connectivity index (χ3n) is 3.42. The molecule has 20 heavy (non-hydrogen) atoms. The van der Waals surface area contributed by atoms with Crippen LogP contribution in [0.3, 0.4) is 0 Å². The first kappa shape index (κ1) is 13.3. The standard InChI is InChI=1S/C15H12ClF2NO/c16-8-1-3-10(12(18)5-8)15-7-13(19)11-4-2-9(17)6-14(11)20-15/h1-6,13,15H,7,19H2. The van der Waals surface area contributed by atoms with Gasteiger partial charge >= 0.3 is 0 Å². The second-order valence-electron chi connectivity index (χ2n) is 4.80. The van der Waals surface area contributed by atoms with Gasteiger partial charge in [-0.2, -0.15) is 0 Å². The molecule has 2 N–H and O–H groups in total. The lowest BCUT2D eigenvalue weighted by atomic mass is 9.93. The number of rotatable bonds is 1. The zero-order valence-corrected chi connectivity index (χ0v) is 11.2. The Labute approximate surface area is 120 Å². The Bertz CT molecular complexity index is 662. The Morgan fingerprint density at radius 2 is 1.85 bits per heavy atom. The van der Waals surface area contributed by atoms with Crippen molar-refractivity contribution in [3.05, 3.63) is 64.2 Å². The van der Waals surface area contributed by atoms with Gasteiger partial charge in [-0.05, 0) is 18.2 Å². The minimum Gasteiger partial charge on any atom is -0.485 e. The molecule has 1 aliphatic heterocycles. The van der Waals surface area contributed by atoms with Crippen molar-refractivity contribution in [3.8, 4) is 5.75 Å². The van der Waals surface area contributed by atoms with E-state index in [2.05, 4.69) is 0 Å². The second kappa shape index (κ2) is 5.04. The molecular formula is C15H12ClF2NO. The van der Waals surface area contributed by atoms with Crippen molar-refractivity contribution in [1.29, 1.82) is 0 Å². The molecule has 0 amide bonds. The van der Waals surface area contributed by atoms with E-state index in [1.807, 2.05) is 0 Å². The predicted molar refractivity (Wildman–Crippen MR) is 72.7 cm³/mol. The Morgan fingerprint density at radius 3 is 2.60 bits per heavy atom. The Hall–Kier alpha value is -1.65. The first-order valence-corrected chi connectivity index (χ1v) is 6.59. The monoisotopic (exact) mass is 295 g/mol. The molecule has 5 heteroatoms. The molecule has 2 aromatic rings. The summed E-state index contributed by atoms with van der Waals surface area (Å²) in [6, 6.07) is 8.28. The summed E-state index contributed by atoms with van der Waals surface area (Å²) in [5.74, 6) is -0.495. The summed E-state index contributed by atoms with van der Waals surface area (Å²) < 4.78 is 32.9. The van der Waals surface area contributed by atoms with Crippen LogP contribution in [0.5, 0.6) is 5.75 Å². The van der Waals surface area contributed by atoms with E-state index in [0.717, 1.165) is 5.56 Å². The van der Waals surface area contributed by atoms with Gasteiger partial charge in [0.1, 0.15) is 23.5 Å². The number of fused-ring (bicyclic) bond motifs is 1. The highest BCUT2D eigenvalue weighted by Crippen LogP contribution is 2.40. The van der Waals surface area contributed by atoms with Crippen LogP contribution in [-0.2, 0) is 0 Å². The van der Waals surface area contributed by atoms with Crippen molar-refractivity contribution >= 4 is 11.6 Å². The van der Waals surface area contributed by atoms with E-state index in [1.165, 1.54) is 18.2 Å². The number of hydrogen-bond acceptors (Lipinski definition) is 2. The van der Waals surface area contributed by atoms with Crippen LogP contribution in [0.4, 0.5) is 8.78 Å². The molecule has 2 nitrogen and oxygen atoms in total. The average Bonchev–Trinajstić information content (AvgIpc) is 2.37. The summed E-state index contributed by atoms with van der Waals surface area (Å²) in [5.41, 5.74) is 7.16. The van der Waals surface area contributed by atoms with Crippen molar-refractivity contribution in [2.45, 2.75) is 18.6 Å². The van der Waals surface area contributed by atoms with Crippen LogP contribution in [0.2, 0.25) is 5.02 Å². The molecule has 1 aliphatic rings. The van der Waals surface area contributed by atoms with E-state index in [-0.39, 0.29) is 6.04 Å². The van der Waals surface area contributed by atoms with Gasteiger partial charge in [0, 0.05) is 34.7 Å². The number of benzene rings is 2. The predicted octanol–water partition coefficient (Wildman–Crippen LogP) is 4.14. The van der Waals surface area contributed by atoms with Crippen LogP contribution in [0.15, 0.2) is 36.4 Å². The summed E-state index contributed by atoms with van der Waals surface area (Å²) in [5, 5.41) is 0.317. The molecule has 0 saturated carbocycles. The fraction of sp³-hybridized carbons (Fsp3) is 0.200. The van der Waals surface area contributed by atoms with E-state index >= 15 is 0 Å². The van der Waals surface area contributed by atoms with E-state index in [4.69, 9.17) is 22.1 Å². The van der Waals surface area contributed by atoms with Gasteiger partial charge in [-0.15, -0.1) is 0 Å². The van der Waals surface area contributed by atoms with Crippen LogP contribution in [0.1, 0.15) is 29.7 Å². The van der Waals surface area contributed by atoms with Crippen molar-refractivity contribution in [2.75, 3.05) is 0 Å². The van der Waals surface area contributed by atoms with Crippen molar-refractivity contribution in [1.82, 2.24) is 0 Å². The van der Waals surface area contributed by atoms with Crippen LogP contribution < -0.4 is 10.5 Å². The lowest BCUT2D eigenvalue weighted by molar-refractivity contribution is 0.156. The van der Waals surface area contributed by atoms with Crippen molar-refractivity contribution in [3.63, 3.8) is 0 Å². The normalized spacial score (nSPS) is 21.2. The summed E-state index contributed by atoms with van der Waals surface area (Å²) in [6.45, 7) is 0. The largest absolute Gasteiger partial charge is 0.485 e. The van der Waals surface area contributed by atoms with Crippen LogP contribution in [0.25, 0.3) is 0 Å². The lowest BCUT2D eigenvalue weighted by Gasteiger charge is -2.30. The molecule has 104 valence electrons. The Balaban J connectivity index is 1.98. The van der Waals surface area contributed by atoms with E-state index < -0.39 is 17.7 Å². The third kappa shape index (κ3) is 2.37. The highest BCUT2D eigenvalue weighted by molar-refractivity contribution is 6.30. The highest BCUT2D eigenvalue weighted by atomic mass is 35.5. The van der Waals surface area contributed by atoms with E-state index in [1.54, 1.807) is 18.2 Å². The zero-order valence-electron chi connectivity index (χ0n) is 10.4. The number of halogens is 3. The summed E-state index contributed by atoms with van der Waals surface area (Å²) in [6.07, 6.45) is -0.117. The molecule has 0 bridgehead atoms. The van der Waals surface area contributed by atoms with Gasteiger partial charge in [0.2, 0.25) is 0 Å². The lowest BCUT2D eigenvalue weighted by Crippen LogP contribution is -2.24. The molecule has 0 radical (unpaired) electrons.